The molecule has 98 valence electrons. The third-order valence-electron chi connectivity index (χ3n) is 3.32. The maximum atomic E-state index is 11.2. The highest BCUT2D eigenvalue weighted by Gasteiger charge is 2.33. The Morgan fingerprint density at radius 3 is 2.68 bits per heavy atom. The summed E-state index contributed by atoms with van der Waals surface area (Å²) in [5, 5.41) is 9.47. The van der Waals surface area contributed by atoms with Crippen LogP contribution in [0.5, 0.6) is 0 Å². The van der Waals surface area contributed by atoms with Crippen LogP contribution in [0.1, 0.15) is 12.8 Å². The number of aromatic nitrogens is 2. The highest BCUT2D eigenvalue weighted by atomic mass is 35.5. The summed E-state index contributed by atoms with van der Waals surface area (Å²) < 4.78 is 0. The predicted octanol–water partition coefficient (Wildman–Crippen LogP) is 2.34. The standard InChI is InChI=1S/C13H12ClN3O2/c14-11-12(17-7-3-6-10(17)13(18)19)16-9-5-2-1-4-8(9)15-11/h1-2,4-5,10H,3,6-7H2,(H,18,19). The van der Waals surface area contributed by atoms with E-state index in [0.717, 1.165) is 11.9 Å². The van der Waals surface area contributed by atoms with E-state index in [9.17, 15) is 9.90 Å². The number of aliphatic carboxylic acids is 1. The van der Waals surface area contributed by atoms with E-state index >= 15 is 0 Å². The summed E-state index contributed by atoms with van der Waals surface area (Å²) in [5.74, 6) is -0.381. The van der Waals surface area contributed by atoms with Gasteiger partial charge < -0.3 is 10.0 Å². The molecule has 1 aliphatic heterocycles. The van der Waals surface area contributed by atoms with Crippen molar-refractivity contribution in [1.82, 2.24) is 9.97 Å². The van der Waals surface area contributed by atoms with E-state index in [-0.39, 0.29) is 5.15 Å². The molecule has 5 nitrogen and oxygen atoms in total. The van der Waals surface area contributed by atoms with Gasteiger partial charge in [-0.3, -0.25) is 0 Å². The van der Waals surface area contributed by atoms with Gasteiger partial charge in [0.05, 0.1) is 11.0 Å². The third-order valence-corrected chi connectivity index (χ3v) is 3.57. The van der Waals surface area contributed by atoms with Crippen molar-refractivity contribution in [2.24, 2.45) is 0 Å². The van der Waals surface area contributed by atoms with Gasteiger partial charge in [0.2, 0.25) is 0 Å². The van der Waals surface area contributed by atoms with Gasteiger partial charge in [0.1, 0.15) is 6.04 Å². The number of fused-ring (bicyclic) bond motifs is 1. The van der Waals surface area contributed by atoms with E-state index in [4.69, 9.17) is 11.6 Å². The largest absolute Gasteiger partial charge is 0.480 e. The molecule has 0 amide bonds. The molecule has 1 aromatic carbocycles. The van der Waals surface area contributed by atoms with Crippen LogP contribution in [-0.2, 0) is 4.79 Å². The third kappa shape index (κ3) is 2.10. The zero-order valence-corrected chi connectivity index (χ0v) is 10.8. The van der Waals surface area contributed by atoms with E-state index in [1.54, 1.807) is 4.90 Å². The minimum Gasteiger partial charge on any atom is -0.480 e. The first kappa shape index (κ1) is 12.2. The Hall–Kier alpha value is -1.88. The molecular formula is C13H12ClN3O2. The van der Waals surface area contributed by atoms with Crippen LogP contribution in [0.25, 0.3) is 11.0 Å². The van der Waals surface area contributed by atoms with Crippen LogP contribution in [-0.4, -0.2) is 33.6 Å². The topological polar surface area (TPSA) is 66.3 Å². The number of para-hydroxylation sites is 2. The van der Waals surface area contributed by atoms with Crippen LogP contribution in [0.2, 0.25) is 5.15 Å². The summed E-state index contributed by atoms with van der Waals surface area (Å²) in [4.78, 5) is 21.7. The number of hydrogen-bond acceptors (Lipinski definition) is 4. The summed E-state index contributed by atoms with van der Waals surface area (Å²) in [7, 11) is 0. The number of carboxylic acids is 1. The molecule has 19 heavy (non-hydrogen) atoms. The maximum absolute atomic E-state index is 11.2. The van der Waals surface area contributed by atoms with Crippen molar-refractivity contribution < 1.29 is 9.90 Å². The molecule has 1 N–H and O–H groups in total. The molecule has 1 aliphatic rings. The van der Waals surface area contributed by atoms with Gasteiger partial charge in [-0.25, -0.2) is 14.8 Å². The normalized spacial score (nSPS) is 19.0. The lowest BCUT2D eigenvalue weighted by Gasteiger charge is -2.23. The van der Waals surface area contributed by atoms with Crippen LogP contribution >= 0.6 is 11.6 Å². The van der Waals surface area contributed by atoms with Gasteiger partial charge in [0.25, 0.3) is 0 Å². The zero-order chi connectivity index (χ0) is 13.4. The van der Waals surface area contributed by atoms with Gasteiger partial charge in [0, 0.05) is 6.54 Å². The average Bonchev–Trinajstić information content (AvgIpc) is 2.87. The fourth-order valence-corrected chi connectivity index (χ4v) is 2.67. The van der Waals surface area contributed by atoms with Gasteiger partial charge >= 0.3 is 5.97 Å². The second kappa shape index (κ2) is 4.66. The molecule has 6 heteroatoms. The van der Waals surface area contributed by atoms with E-state index in [0.29, 0.717) is 24.3 Å². The van der Waals surface area contributed by atoms with Gasteiger partial charge in [-0.1, -0.05) is 23.7 Å². The van der Waals surface area contributed by atoms with Crippen LogP contribution in [0, 0.1) is 0 Å². The van der Waals surface area contributed by atoms with Crippen molar-refractivity contribution in [3.05, 3.63) is 29.4 Å². The Labute approximate surface area is 114 Å². The lowest BCUT2D eigenvalue weighted by molar-refractivity contribution is -0.138. The van der Waals surface area contributed by atoms with Crippen LogP contribution in [0.3, 0.4) is 0 Å². The SMILES string of the molecule is O=C(O)C1CCCN1c1nc2ccccc2nc1Cl. The summed E-state index contributed by atoms with van der Waals surface area (Å²) in [6, 6.07) is 6.84. The number of carbonyl (C=O) groups is 1. The minimum atomic E-state index is -0.844. The van der Waals surface area contributed by atoms with Crippen LogP contribution in [0.4, 0.5) is 5.82 Å². The predicted molar refractivity (Wildman–Crippen MR) is 72.6 cm³/mol. The molecule has 2 aromatic rings. The van der Waals surface area contributed by atoms with E-state index in [1.165, 1.54) is 0 Å². The van der Waals surface area contributed by atoms with Gasteiger partial charge in [0.15, 0.2) is 11.0 Å². The van der Waals surface area contributed by atoms with Gasteiger partial charge in [-0.15, -0.1) is 0 Å². The van der Waals surface area contributed by atoms with Crippen molar-refractivity contribution >= 4 is 34.4 Å². The molecule has 3 rings (SSSR count). The molecule has 0 saturated carbocycles. The molecule has 1 atom stereocenters. The van der Waals surface area contributed by atoms with E-state index in [2.05, 4.69) is 9.97 Å². The Balaban J connectivity index is 2.09. The number of hydrogen-bond donors (Lipinski definition) is 1. The maximum Gasteiger partial charge on any atom is 0.326 e. The lowest BCUT2D eigenvalue weighted by atomic mass is 10.2. The molecule has 0 aliphatic carbocycles. The molecule has 2 heterocycles. The van der Waals surface area contributed by atoms with Crippen molar-refractivity contribution in [3.63, 3.8) is 0 Å². The number of halogens is 1. The molecule has 1 aromatic heterocycles. The fourth-order valence-electron chi connectivity index (χ4n) is 2.43. The summed E-state index contributed by atoms with van der Waals surface area (Å²) in [6.45, 7) is 0.643. The molecule has 1 fully saturated rings. The molecule has 0 spiro atoms. The first-order valence-electron chi connectivity index (χ1n) is 6.08. The highest BCUT2D eigenvalue weighted by molar-refractivity contribution is 6.32. The van der Waals surface area contributed by atoms with Crippen LogP contribution in [0.15, 0.2) is 24.3 Å². The molecule has 0 radical (unpaired) electrons. The highest BCUT2D eigenvalue weighted by Crippen LogP contribution is 2.30. The van der Waals surface area contributed by atoms with E-state index < -0.39 is 12.0 Å². The minimum absolute atomic E-state index is 0.256. The number of benzene rings is 1. The second-order valence-corrected chi connectivity index (χ2v) is 4.87. The number of anilines is 1. The first-order chi connectivity index (χ1) is 9.16. The Morgan fingerprint density at radius 2 is 2.00 bits per heavy atom. The fraction of sp³-hybridized carbons (Fsp3) is 0.308. The number of rotatable bonds is 2. The smallest absolute Gasteiger partial charge is 0.326 e. The number of carboxylic acid groups (broad SMARTS) is 1. The summed E-state index contributed by atoms with van der Waals surface area (Å²) in [5.41, 5.74) is 1.43. The lowest BCUT2D eigenvalue weighted by Crippen LogP contribution is -2.36. The molecular weight excluding hydrogens is 266 g/mol. The van der Waals surface area contributed by atoms with Crippen molar-refractivity contribution in [2.45, 2.75) is 18.9 Å². The molecule has 1 unspecified atom stereocenters. The van der Waals surface area contributed by atoms with Crippen LogP contribution < -0.4 is 4.90 Å². The monoisotopic (exact) mass is 277 g/mol. The van der Waals surface area contributed by atoms with Gasteiger partial charge in [-0.05, 0) is 25.0 Å². The van der Waals surface area contributed by atoms with Gasteiger partial charge in [-0.2, -0.15) is 0 Å². The van der Waals surface area contributed by atoms with Crippen molar-refractivity contribution in [3.8, 4) is 0 Å². The number of nitrogens with zero attached hydrogens (tertiary/aromatic N) is 3. The van der Waals surface area contributed by atoms with Crippen molar-refractivity contribution in [2.75, 3.05) is 11.4 Å². The summed E-state index contributed by atoms with van der Waals surface area (Å²) >= 11 is 6.15. The van der Waals surface area contributed by atoms with E-state index in [1.807, 2.05) is 24.3 Å². The Kier molecular flexibility index (Phi) is 2.98. The zero-order valence-electron chi connectivity index (χ0n) is 10.1. The average molecular weight is 278 g/mol. The molecule has 0 bridgehead atoms. The Bertz CT molecular complexity index is 647. The second-order valence-electron chi connectivity index (χ2n) is 4.52. The van der Waals surface area contributed by atoms with Crippen molar-refractivity contribution in [1.29, 1.82) is 0 Å². The first-order valence-corrected chi connectivity index (χ1v) is 6.46. The molecule has 1 saturated heterocycles. The Morgan fingerprint density at radius 1 is 1.32 bits per heavy atom. The quantitative estimate of drug-likeness (QED) is 0.913. The summed E-state index contributed by atoms with van der Waals surface area (Å²) in [6.07, 6.45) is 1.43.